The second-order valence-corrected chi connectivity index (χ2v) is 7.83. The number of aliphatic hydroxyl groups is 1. The van der Waals surface area contributed by atoms with Crippen LogP contribution in [-0.2, 0) is 11.3 Å². The number of hydrogen-bond donors (Lipinski definition) is 3. The molecule has 1 fully saturated rings. The minimum absolute atomic E-state index is 0.0712. The molecule has 0 spiro atoms. The van der Waals surface area contributed by atoms with Crippen LogP contribution in [0, 0.1) is 5.41 Å². The molecule has 0 saturated heterocycles. The zero-order chi connectivity index (χ0) is 17.3. The minimum Gasteiger partial charge on any atom is -0.444 e. The third-order valence-electron chi connectivity index (χ3n) is 4.37. The van der Waals surface area contributed by atoms with Gasteiger partial charge < -0.3 is 15.2 Å². The summed E-state index contributed by atoms with van der Waals surface area (Å²) in [6.45, 7) is 10.4. The van der Waals surface area contributed by atoms with Gasteiger partial charge in [-0.15, -0.1) is 0 Å². The maximum Gasteiger partial charge on any atom is 0.412 e. The van der Waals surface area contributed by atoms with Crippen LogP contribution in [0.1, 0.15) is 46.6 Å². The van der Waals surface area contributed by atoms with Crippen molar-refractivity contribution >= 4 is 11.8 Å². The van der Waals surface area contributed by atoms with Gasteiger partial charge in [-0.2, -0.15) is 0 Å². The van der Waals surface area contributed by atoms with E-state index < -0.39 is 11.7 Å². The number of carbonyl (C=O) groups is 1. The fourth-order valence-electron chi connectivity index (χ4n) is 2.62. The fraction of sp³-hybridized carbons (Fsp3) is 0.611. The molecule has 1 aliphatic carbocycles. The molecule has 5 heteroatoms. The molecule has 0 aromatic heterocycles. The molecule has 1 saturated carbocycles. The number of anilines is 1. The van der Waals surface area contributed by atoms with Crippen molar-refractivity contribution in [3.05, 3.63) is 29.8 Å². The molecule has 0 heterocycles. The smallest absolute Gasteiger partial charge is 0.412 e. The normalized spacial score (nSPS) is 23.0. The zero-order valence-electron chi connectivity index (χ0n) is 14.6. The first kappa shape index (κ1) is 17.8. The standard InChI is InChI=1S/C18H28N2O3/c1-17(2,3)23-16(22)20-13-8-6-12(7-9-13)11-19-14-10-15(21)18(14,4)5/h6-9,14-15,19,21H,10-11H2,1-5H3,(H,20,22). The third kappa shape index (κ3) is 4.69. The van der Waals surface area contributed by atoms with E-state index in [2.05, 4.69) is 24.5 Å². The van der Waals surface area contributed by atoms with Crippen molar-refractivity contribution in [3.8, 4) is 0 Å². The van der Waals surface area contributed by atoms with Crippen molar-refractivity contribution in [2.45, 2.75) is 65.3 Å². The quantitative estimate of drug-likeness (QED) is 0.796. The Hall–Kier alpha value is -1.59. The van der Waals surface area contributed by atoms with Crippen LogP contribution in [0.15, 0.2) is 24.3 Å². The van der Waals surface area contributed by atoms with Gasteiger partial charge in [-0.3, -0.25) is 5.32 Å². The van der Waals surface area contributed by atoms with Gasteiger partial charge in [0, 0.05) is 23.7 Å². The Bertz CT molecular complexity index is 546. The highest BCUT2D eigenvalue weighted by Crippen LogP contribution is 2.40. The van der Waals surface area contributed by atoms with Crippen LogP contribution in [0.3, 0.4) is 0 Å². The SMILES string of the molecule is CC(C)(C)OC(=O)Nc1ccc(CNC2CC(O)C2(C)C)cc1. The summed E-state index contributed by atoms with van der Waals surface area (Å²) in [5.74, 6) is 0. The number of rotatable bonds is 4. The summed E-state index contributed by atoms with van der Waals surface area (Å²) in [6.07, 6.45) is 0.125. The van der Waals surface area contributed by atoms with E-state index in [4.69, 9.17) is 4.74 Å². The molecule has 128 valence electrons. The van der Waals surface area contributed by atoms with E-state index in [9.17, 15) is 9.90 Å². The van der Waals surface area contributed by atoms with Crippen LogP contribution in [0.5, 0.6) is 0 Å². The molecule has 1 amide bonds. The highest BCUT2D eigenvalue weighted by Gasteiger charge is 2.46. The Kier molecular flexibility index (Phi) is 5.01. The minimum atomic E-state index is -0.506. The molecule has 2 unspecified atom stereocenters. The third-order valence-corrected chi connectivity index (χ3v) is 4.37. The molecule has 0 bridgehead atoms. The van der Waals surface area contributed by atoms with Crippen LogP contribution in [-0.4, -0.2) is 28.9 Å². The molecule has 0 radical (unpaired) electrons. The van der Waals surface area contributed by atoms with Crippen molar-refractivity contribution in [2.24, 2.45) is 5.41 Å². The molecule has 23 heavy (non-hydrogen) atoms. The maximum absolute atomic E-state index is 11.7. The van der Waals surface area contributed by atoms with Gasteiger partial charge in [0.25, 0.3) is 0 Å². The van der Waals surface area contributed by atoms with E-state index in [-0.39, 0.29) is 11.5 Å². The van der Waals surface area contributed by atoms with Gasteiger partial charge in [0.05, 0.1) is 6.10 Å². The average molecular weight is 320 g/mol. The van der Waals surface area contributed by atoms with Crippen molar-refractivity contribution in [1.82, 2.24) is 5.32 Å². The molecule has 1 aromatic carbocycles. The maximum atomic E-state index is 11.7. The topological polar surface area (TPSA) is 70.6 Å². The zero-order valence-corrected chi connectivity index (χ0v) is 14.6. The largest absolute Gasteiger partial charge is 0.444 e. The fourth-order valence-corrected chi connectivity index (χ4v) is 2.62. The van der Waals surface area contributed by atoms with Crippen LogP contribution in [0.4, 0.5) is 10.5 Å². The predicted octanol–water partition coefficient (Wildman–Crippen LogP) is 3.28. The number of benzene rings is 1. The van der Waals surface area contributed by atoms with Crippen molar-refractivity contribution in [2.75, 3.05) is 5.32 Å². The second-order valence-electron chi connectivity index (χ2n) is 7.83. The lowest BCUT2D eigenvalue weighted by molar-refractivity contribution is -0.0729. The first-order valence-corrected chi connectivity index (χ1v) is 8.08. The number of amides is 1. The Balaban J connectivity index is 1.82. The van der Waals surface area contributed by atoms with E-state index >= 15 is 0 Å². The Morgan fingerprint density at radius 2 is 1.91 bits per heavy atom. The number of carbonyl (C=O) groups excluding carboxylic acids is 1. The van der Waals surface area contributed by atoms with Gasteiger partial charge in [-0.05, 0) is 44.9 Å². The van der Waals surface area contributed by atoms with Gasteiger partial charge in [0.1, 0.15) is 5.60 Å². The van der Waals surface area contributed by atoms with E-state index in [1.54, 1.807) is 0 Å². The lowest BCUT2D eigenvalue weighted by Crippen LogP contribution is -2.59. The van der Waals surface area contributed by atoms with Gasteiger partial charge in [0.15, 0.2) is 0 Å². The van der Waals surface area contributed by atoms with Crippen molar-refractivity contribution < 1.29 is 14.6 Å². The van der Waals surface area contributed by atoms with Crippen LogP contribution in [0.25, 0.3) is 0 Å². The summed E-state index contributed by atoms with van der Waals surface area (Å²) in [7, 11) is 0. The van der Waals surface area contributed by atoms with E-state index in [1.165, 1.54) is 0 Å². The molecule has 2 rings (SSSR count). The lowest BCUT2D eigenvalue weighted by Gasteiger charge is -2.49. The highest BCUT2D eigenvalue weighted by atomic mass is 16.6. The van der Waals surface area contributed by atoms with Crippen molar-refractivity contribution in [3.63, 3.8) is 0 Å². The molecule has 0 aliphatic heterocycles. The monoisotopic (exact) mass is 320 g/mol. The molecule has 3 N–H and O–H groups in total. The number of ether oxygens (including phenoxy) is 1. The number of nitrogens with one attached hydrogen (secondary N) is 2. The molecule has 1 aromatic rings. The average Bonchev–Trinajstić information content (AvgIpc) is 2.42. The molecule has 5 nitrogen and oxygen atoms in total. The first-order valence-electron chi connectivity index (χ1n) is 8.08. The van der Waals surface area contributed by atoms with E-state index in [0.717, 1.165) is 18.5 Å². The Labute approximate surface area is 138 Å². The van der Waals surface area contributed by atoms with Gasteiger partial charge >= 0.3 is 6.09 Å². The lowest BCUT2D eigenvalue weighted by atomic mass is 9.64. The van der Waals surface area contributed by atoms with Gasteiger partial charge in [-0.25, -0.2) is 4.79 Å². The Morgan fingerprint density at radius 3 is 2.39 bits per heavy atom. The molecule has 1 aliphatic rings. The van der Waals surface area contributed by atoms with Gasteiger partial charge in [0.2, 0.25) is 0 Å². The molecule has 2 atom stereocenters. The van der Waals surface area contributed by atoms with E-state index in [0.29, 0.717) is 11.7 Å². The summed E-state index contributed by atoms with van der Waals surface area (Å²) in [6, 6.07) is 8.00. The second kappa shape index (κ2) is 6.49. The van der Waals surface area contributed by atoms with Crippen LogP contribution in [0.2, 0.25) is 0 Å². The summed E-state index contributed by atoms with van der Waals surface area (Å²) >= 11 is 0. The summed E-state index contributed by atoms with van der Waals surface area (Å²) in [4.78, 5) is 11.7. The molecular weight excluding hydrogens is 292 g/mol. The highest BCUT2D eigenvalue weighted by molar-refractivity contribution is 5.84. The number of hydrogen-bond acceptors (Lipinski definition) is 4. The Morgan fingerprint density at radius 1 is 1.30 bits per heavy atom. The van der Waals surface area contributed by atoms with Gasteiger partial charge in [-0.1, -0.05) is 26.0 Å². The summed E-state index contributed by atoms with van der Waals surface area (Å²) < 4.78 is 5.22. The number of aliphatic hydroxyl groups excluding tert-OH is 1. The van der Waals surface area contributed by atoms with Crippen LogP contribution < -0.4 is 10.6 Å². The summed E-state index contributed by atoms with van der Waals surface area (Å²) in [5.41, 5.74) is 1.27. The summed E-state index contributed by atoms with van der Waals surface area (Å²) in [5, 5.41) is 15.9. The predicted molar refractivity (Wildman–Crippen MR) is 91.3 cm³/mol. The molecular formula is C18H28N2O3. The van der Waals surface area contributed by atoms with E-state index in [1.807, 2.05) is 45.0 Å². The van der Waals surface area contributed by atoms with Crippen molar-refractivity contribution in [1.29, 1.82) is 0 Å². The van der Waals surface area contributed by atoms with Crippen LogP contribution >= 0.6 is 0 Å². The first-order chi connectivity index (χ1) is 10.6.